The second kappa shape index (κ2) is 11.2. The van der Waals surface area contributed by atoms with Gasteiger partial charge in [0.1, 0.15) is 18.1 Å². The van der Waals surface area contributed by atoms with Gasteiger partial charge in [-0.25, -0.2) is 22.9 Å². The number of nitrogens with zero attached hydrogens (tertiary/aromatic N) is 1. The Morgan fingerprint density at radius 1 is 0.972 bits per heavy atom. The molecule has 8 nitrogen and oxygen atoms in total. The zero-order chi connectivity index (χ0) is 25.5. The maximum Gasteiger partial charge on any atom is 0.341 e. The average molecular weight is 507 g/mol. The van der Waals surface area contributed by atoms with E-state index in [2.05, 4.69) is 9.71 Å². The Kier molecular flexibility index (Phi) is 7.82. The van der Waals surface area contributed by atoms with Crippen molar-refractivity contribution in [1.29, 1.82) is 0 Å². The Labute approximate surface area is 209 Å². The summed E-state index contributed by atoms with van der Waals surface area (Å²) in [6, 6.07) is 23.2. The third-order valence-electron chi connectivity index (χ3n) is 5.45. The topological polar surface area (TPSA) is 115 Å². The van der Waals surface area contributed by atoms with Crippen molar-refractivity contribution in [2.45, 2.75) is 24.8 Å². The second-order valence-electron chi connectivity index (χ2n) is 8.20. The first-order valence-corrected chi connectivity index (χ1v) is 12.8. The summed E-state index contributed by atoms with van der Waals surface area (Å²) in [6.45, 7) is 1.73. The third kappa shape index (κ3) is 6.59. The van der Waals surface area contributed by atoms with Crippen molar-refractivity contribution in [3.05, 3.63) is 95.7 Å². The number of carboxylic acids is 1. The normalized spacial score (nSPS) is 11.4. The van der Waals surface area contributed by atoms with Crippen LogP contribution in [0.15, 0.2) is 83.8 Å². The molecule has 2 N–H and O–H groups in total. The van der Waals surface area contributed by atoms with Crippen molar-refractivity contribution in [3.8, 4) is 11.5 Å². The van der Waals surface area contributed by atoms with Gasteiger partial charge in [-0.2, -0.15) is 0 Å². The van der Waals surface area contributed by atoms with Crippen molar-refractivity contribution >= 4 is 26.9 Å². The van der Waals surface area contributed by atoms with Crippen LogP contribution in [-0.4, -0.2) is 37.6 Å². The SMILES string of the molecule is Cc1ccc(S(=O)(=O)NCCc2ccc(OCC(=O)O)cc2OCc2ccc3ccccc3n2)cc1. The van der Waals surface area contributed by atoms with Crippen LogP contribution in [0.5, 0.6) is 11.5 Å². The summed E-state index contributed by atoms with van der Waals surface area (Å²) in [5.74, 6) is -0.294. The van der Waals surface area contributed by atoms with Crippen molar-refractivity contribution in [2.24, 2.45) is 0 Å². The van der Waals surface area contributed by atoms with E-state index in [1.54, 1.807) is 42.5 Å². The number of nitrogens with one attached hydrogen (secondary N) is 1. The van der Waals surface area contributed by atoms with Crippen LogP contribution >= 0.6 is 0 Å². The Morgan fingerprint density at radius 3 is 2.53 bits per heavy atom. The van der Waals surface area contributed by atoms with E-state index >= 15 is 0 Å². The van der Waals surface area contributed by atoms with Gasteiger partial charge in [0.15, 0.2) is 6.61 Å². The van der Waals surface area contributed by atoms with E-state index < -0.39 is 22.6 Å². The molecule has 0 radical (unpaired) electrons. The molecule has 4 aromatic rings. The maximum atomic E-state index is 12.6. The molecule has 0 aliphatic heterocycles. The van der Waals surface area contributed by atoms with Gasteiger partial charge < -0.3 is 14.6 Å². The smallest absolute Gasteiger partial charge is 0.341 e. The molecule has 0 saturated carbocycles. The molecule has 0 atom stereocenters. The number of sulfonamides is 1. The van der Waals surface area contributed by atoms with Gasteiger partial charge in [-0.15, -0.1) is 0 Å². The molecule has 0 fully saturated rings. The van der Waals surface area contributed by atoms with Crippen LogP contribution in [0, 0.1) is 6.92 Å². The molecular weight excluding hydrogens is 480 g/mol. The second-order valence-corrected chi connectivity index (χ2v) is 9.96. The zero-order valence-electron chi connectivity index (χ0n) is 19.7. The van der Waals surface area contributed by atoms with E-state index in [9.17, 15) is 13.2 Å². The fraction of sp³-hybridized carbons (Fsp3) is 0.185. The highest BCUT2D eigenvalue weighted by Crippen LogP contribution is 2.27. The standard InChI is InChI=1S/C27H26N2O6S/c1-19-6-12-24(13-7-19)36(32,33)28-15-14-21-9-11-23(34-18-27(30)31)16-26(21)35-17-22-10-8-20-4-2-3-5-25(20)29-22/h2-13,16,28H,14-15,17-18H2,1H3,(H,30,31). The van der Waals surface area contributed by atoms with Crippen molar-refractivity contribution in [3.63, 3.8) is 0 Å². The molecule has 36 heavy (non-hydrogen) atoms. The Hall–Kier alpha value is -3.95. The summed E-state index contributed by atoms with van der Waals surface area (Å²) in [5, 5.41) is 9.93. The summed E-state index contributed by atoms with van der Waals surface area (Å²) >= 11 is 0. The summed E-state index contributed by atoms with van der Waals surface area (Å²) in [7, 11) is -3.65. The van der Waals surface area contributed by atoms with Gasteiger partial charge in [-0.05, 0) is 49.2 Å². The highest BCUT2D eigenvalue weighted by Gasteiger charge is 2.14. The number of hydrogen-bond donors (Lipinski definition) is 2. The van der Waals surface area contributed by atoms with Crippen LogP contribution in [0.4, 0.5) is 0 Å². The Bertz CT molecular complexity index is 1470. The molecule has 3 aromatic carbocycles. The minimum atomic E-state index is -3.65. The number of rotatable bonds is 11. The minimum absolute atomic E-state index is 0.149. The number of carbonyl (C=O) groups is 1. The lowest BCUT2D eigenvalue weighted by Crippen LogP contribution is -2.26. The molecule has 0 unspecified atom stereocenters. The molecule has 9 heteroatoms. The first kappa shape index (κ1) is 25.2. The fourth-order valence-corrected chi connectivity index (χ4v) is 4.60. The number of fused-ring (bicyclic) bond motifs is 1. The number of aryl methyl sites for hydroxylation is 1. The molecule has 0 aliphatic rings. The molecule has 0 bridgehead atoms. The van der Waals surface area contributed by atoms with Crippen LogP contribution in [0.2, 0.25) is 0 Å². The number of ether oxygens (including phenoxy) is 2. The van der Waals surface area contributed by atoms with Crippen molar-refractivity contribution in [1.82, 2.24) is 9.71 Å². The van der Waals surface area contributed by atoms with Gasteiger partial charge in [0.2, 0.25) is 10.0 Å². The van der Waals surface area contributed by atoms with E-state index in [0.717, 1.165) is 27.7 Å². The van der Waals surface area contributed by atoms with E-state index in [1.807, 2.05) is 43.3 Å². The van der Waals surface area contributed by atoms with Crippen molar-refractivity contribution in [2.75, 3.05) is 13.2 Å². The number of carboxylic acid groups (broad SMARTS) is 1. The lowest BCUT2D eigenvalue weighted by atomic mass is 10.1. The number of pyridine rings is 1. The van der Waals surface area contributed by atoms with Gasteiger partial charge >= 0.3 is 5.97 Å². The van der Waals surface area contributed by atoms with Crippen LogP contribution in [0.1, 0.15) is 16.8 Å². The molecule has 0 aliphatic carbocycles. The van der Waals surface area contributed by atoms with Crippen molar-refractivity contribution < 1.29 is 27.8 Å². The number of aliphatic carboxylic acids is 1. The van der Waals surface area contributed by atoms with E-state index in [4.69, 9.17) is 14.6 Å². The molecule has 0 spiro atoms. The molecule has 1 aromatic heterocycles. The van der Waals surface area contributed by atoms with E-state index in [-0.39, 0.29) is 18.0 Å². The molecule has 4 rings (SSSR count). The first-order chi connectivity index (χ1) is 17.3. The summed E-state index contributed by atoms with van der Waals surface area (Å²) in [4.78, 5) is 15.7. The molecular formula is C27H26N2O6S. The van der Waals surface area contributed by atoms with Crippen LogP contribution < -0.4 is 14.2 Å². The number of hydrogen-bond acceptors (Lipinski definition) is 6. The predicted molar refractivity (Wildman–Crippen MR) is 136 cm³/mol. The van der Waals surface area contributed by atoms with E-state index in [1.165, 1.54) is 0 Å². The summed E-state index contributed by atoms with van der Waals surface area (Å²) in [5.41, 5.74) is 3.28. The minimum Gasteiger partial charge on any atom is -0.487 e. The number of para-hydroxylation sites is 1. The average Bonchev–Trinajstić information content (AvgIpc) is 2.87. The van der Waals surface area contributed by atoms with Gasteiger partial charge in [0, 0.05) is 18.0 Å². The Balaban J connectivity index is 1.48. The third-order valence-corrected chi connectivity index (χ3v) is 6.93. The molecule has 0 saturated heterocycles. The predicted octanol–water partition coefficient (Wildman–Crippen LogP) is 4.11. The lowest BCUT2D eigenvalue weighted by molar-refractivity contribution is -0.139. The van der Waals surface area contributed by atoms with Crippen LogP contribution in [0.3, 0.4) is 0 Å². The number of benzene rings is 3. The van der Waals surface area contributed by atoms with Gasteiger partial charge in [0.25, 0.3) is 0 Å². The van der Waals surface area contributed by atoms with E-state index in [0.29, 0.717) is 17.9 Å². The zero-order valence-corrected chi connectivity index (χ0v) is 20.5. The quantitative estimate of drug-likeness (QED) is 0.315. The summed E-state index contributed by atoms with van der Waals surface area (Å²) in [6.07, 6.45) is 0.352. The maximum absolute atomic E-state index is 12.6. The monoisotopic (exact) mass is 506 g/mol. The highest BCUT2D eigenvalue weighted by atomic mass is 32.2. The van der Waals surface area contributed by atoms with Gasteiger partial charge in [-0.3, -0.25) is 0 Å². The van der Waals surface area contributed by atoms with Crippen LogP contribution in [-0.2, 0) is 27.8 Å². The Morgan fingerprint density at radius 2 is 1.75 bits per heavy atom. The summed E-state index contributed by atoms with van der Waals surface area (Å²) < 4.78 is 39.2. The first-order valence-electron chi connectivity index (χ1n) is 11.3. The number of aromatic nitrogens is 1. The molecule has 186 valence electrons. The largest absolute Gasteiger partial charge is 0.487 e. The fourth-order valence-electron chi connectivity index (χ4n) is 3.57. The van der Waals surface area contributed by atoms with Crippen LogP contribution in [0.25, 0.3) is 10.9 Å². The lowest BCUT2D eigenvalue weighted by Gasteiger charge is -2.14. The van der Waals surface area contributed by atoms with Gasteiger partial charge in [-0.1, -0.05) is 48.0 Å². The molecule has 0 amide bonds. The highest BCUT2D eigenvalue weighted by molar-refractivity contribution is 7.89. The molecule has 1 heterocycles. The van der Waals surface area contributed by atoms with Gasteiger partial charge in [0.05, 0.1) is 16.1 Å².